The molecule has 0 saturated heterocycles. The Kier molecular flexibility index (Phi) is 7.78. The summed E-state index contributed by atoms with van der Waals surface area (Å²) in [5.41, 5.74) is 1.02. The number of imide groups is 1. The number of ether oxygens (including phenoxy) is 3. The molecule has 0 bridgehead atoms. The molecular formula is C21H22N2O6. The van der Waals surface area contributed by atoms with Crippen LogP contribution in [0.4, 0.5) is 4.79 Å². The first kappa shape index (κ1) is 21.5. The van der Waals surface area contributed by atoms with E-state index in [0.29, 0.717) is 22.6 Å². The van der Waals surface area contributed by atoms with E-state index in [-0.39, 0.29) is 0 Å². The third-order valence-electron chi connectivity index (χ3n) is 3.87. The first-order valence-corrected chi connectivity index (χ1v) is 8.67. The average Bonchev–Trinajstić information content (AvgIpc) is 2.75. The lowest BCUT2D eigenvalue weighted by molar-refractivity contribution is -0.151. The topological polar surface area (TPSA) is 103 Å². The zero-order valence-electron chi connectivity index (χ0n) is 16.3. The van der Waals surface area contributed by atoms with Crippen LogP contribution in [0.3, 0.4) is 0 Å². The Labute approximate surface area is 168 Å². The number of amides is 3. The van der Waals surface area contributed by atoms with Crippen LogP contribution in [0, 0.1) is 0 Å². The molecule has 2 aromatic rings. The van der Waals surface area contributed by atoms with E-state index in [9.17, 15) is 14.4 Å². The second-order valence-corrected chi connectivity index (χ2v) is 5.71. The van der Waals surface area contributed by atoms with Crippen LogP contribution in [-0.4, -0.2) is 39.2 Å². The fraction of sp³-hybridized carbons (Fsp3) is 0.190. The second-order valence-electron chi connectivity index (χ2n) is 5.71. The van der Waals surface area contributed by atoms with Crippen LogP contribution in [0.15, 0.2) is 54.6 Å². The maximum Gasteiger partial charge on any atom is 0.331 e. The van der Waals surface area contributed by atoms with Crippen LogP contribution in [0.1, 0.15) is 17.2 Å². The lowest BCUT2D eigenvalue weighted by atomic mass is 10.1. The van der Waals surface area contributed by atoms with Gasteiger partial charge in [-0.05, 0) is 12.1 Å². The zero-order chi connectivity index (χ0) is 21.2. The molecule has 0 radical (unpaired) electrons. The Bertz CT molecular complexity index is 895. The third kappa shape index (κ3) is 5.83. The first-order chi connectivity index (χ1) is 14.0. The molecule has 2 N–H and O–H groups in total. The largest absolute Gasteiger partial charge is 0.493 e. The summed E-state index contributed by atoms with van der Waals surface area (Å²) in [6.07, 6.45) is 1.36. The van der Waals surface area contributed by atoms with Crippen molar-refractivity contribution in [3.05, 3.63) is 65.7 Å². The summed E-state index contributed by atoms with van der Waals surface area (Å²) in [5.74, 6) is -0.571. The smallest absolute Gasteiger partial charge is 0.331 e. The van der Waals surface area contributed by atoms with Crippen LogP contribution in [-0.2, 0) is 14.3 Å². The molecular weight excluding hydrogens is 376 g/mol. The summed E-state index contributed by atoms with van der Waals surface area (Å²) in [6, 6.07) is 12.9. The van der Waals surface area contributed by atoms with Gasteiger partial charge in [-0.25, -0.2) is 9.59 Å². The molecule has 152 valence electrons. The van der Waals surface area contributed by atoms with Crippen molar-refractivity contribution in [1.29, 1.82) is 0 Å². The van der Waals surface area contributed by atoms with Crippen molar-refractivity contribution < 1.29 is 28.6 Å². The highest BCUT2D eigenvalue weighted by Gasteiger charge is 2.25. The molecule has 0 aromatic heterocycles. The number of hydrogen-bond acceptors (Lipinski definition) is 6. The minimum atomic E-state index is -1.29. The Hall–Kier alpha value is -3.81. The number of para-hydroxylation sites is 1. The summed E-state index contributed by atoms with van der Waals surface area (Å²) >= 11 is 0. The van der Waals surface area contributed by atoms with Crippen molar-refractivity contribution in [2.45, 2.75) is 6.10 Å². The fourth-order valence-corrected chi connectivity index (χ4v) is 2.50. The van der Waals surface area contributed by atoms with E-state index >= 15 is 0 Å². The normalized spacial score (nSPS) is 11.4. The van der Waals surface area contributed by atoms with Gasteiger partial charge in [0.2, 0.25) is 6.10 Å². The summed E-state index contributed by atoms with van der Waals surface area (Å²) in [4.78, 5) is 36.2. The number of carbonyl (C=O) groups excluding carboxylic acids is 3. The molecule has 2 aromatic carbocycles. The van der Waals surface area contributed by atoms with Gasteiger partial charge >= 0.3 is 12.0 Å². The van der Waals surface area contributed by atoms with Gasteiger partial charge in [0.15, 0.2) is 11.5 Å². The molecule has 0 unspecified atom stereocenters. The molecule has 1 atom stereocenters. The molecule has 8 nitrogen and oxygen atoms in total. The Balaban J connectivity index is 2.21. The lowest BCUT2D eigenvalue weighted by Crippen LogP contribution is -2.41. The van der Waals surface area contributed by atoms with E-state index in [4.69, 9.17) is 14.2 Å². The van der Waals surface area contributed by atoms with E-state index in [1.54, 1.807) is 48.5 Å². The van der Waals surface area contributed by atoms with Gasteiger partial charge in [-0.15, -0.1) is 0 Å². The molecule has 3 amide bonds. The average molecular weight is 398 g/mol. The van der Waals surface area contributed by atoms with Crippen molar-refractivity contribution >= 4 is 24.0 Å². The summed E-state index contributed by atoms with van der Waals surface area (Å²) in [5, 5.41) is 4.39. The zero-order valence-corrected chi connectivity index (χ0v) is 16.3. The van der Waals surface area contributed by atoms with E-state index in [2.05, 4.69) is 10.6 Å². The molecule has 2 rings (SSSR count). The molecule has 8 heteroatoms. The number of carbonyl (C=O) groups is 3. The summed E-state index contributed by atoms with van der Waals surface area (Å²) in [6.45, 7) is 0. The number of urea groups is 1. The minimum Gasteiger partial charge on any atom is -0.493 e. The Morgan fingerprint density at radius 3 is 2.31 bits per heavy atom. The van der Waals surface area contributed by atoms with Gasteiger partial charge in [0.1, 0.15) is 0 Å². The van der Waals surface area contributed by atoms with E-state index in [1.165, 1.54) is 33.4 Å². The summed E-state index contributed by atoms with van der Waals surface area (Å²) in [7, 11) is 4.37. The van der Waals surface area contributed by atoms with Crippen LogP contribution in [0.25, 0.3) is 6.08 Å². The van der Waals surface area contributed by atoms with Crippen LogP contribution in [0.5, 0.6) is 11.5 Å². The molecule has 0 heterocycles. The Morgan fingerprint density at radius 1 is 0.966 bits per heavy atom. The van der Waals surface area contributed by atoms with Gasteiger partial charge in [0.25, 0.3) is 5.91 Å². The van der Waals surface area contributed by atoms with Gasteiger partial charge < -0.3 is 19.5 Å². The number of benzene rings is 2. The van der Waals surface area contributed by atoms with Crippen molar-refractivity contribution in [3.8, 4) is 11.5 Å². The van der Waals surface area contributed by atoms with Gasteiger partial charge in [-0.3, -0.25) is 10.1 Å². The number of hydrogen-bond donors (Lipinski definition) is 2. The van der Waals surface area contributed by atoms with Gasteiger partial charge in [0, 0.05) is 24.3 Å². The molecule has 0 fully saturated rings. The fourth-order valence-electron chi connectivity index (χ4n) is 2.50. The van der Waals surface area contributed by atoms with Gasteiger partial charge in [-0.2, -0.15) is 0 Å². The van der Waals surface area contributed by atoms with Crippen molar-refractivity contribution in [3.63, 3.8) is 0 Å². The maximum absolute atomic E-state index is 12.4. The van der Waals surface area contributed by atoms with Gasteiger partial charge in [-0.1, -0.05) is 42.5 Å². The molecule has 0 aliphatic carbocycles. The standard InChI is InChI=1S/C21H22N2O6/c1-22-21(26)23-20(25)19(14-8-5-4-6-9-14)29-17(24)13-12-15-10-7-11-16(27-2)18(15)28-3/h4-13,19H,1-3H3,(H2,22,23,25,26)/b13-12+/t19-/m1/s1. The maximum atomic E-state index is 12.4. The molecule has 0 aliphatic rings. The molecule has 29 heavy (non-hydrogen) atoms. The highest BCUT2D eigenvalue weighted by molar-refractivity contribution is 5.98. The third-order valence-corrected chi connectivity index (χ3v) is 3.87. The second kappa shape index (κ2) is 10.5. The SMILES string of the molecule is CNC(=O)NC(=O)[C@H](OC(=O)/C=C/c1cccc(OC)c1OC)c1ccccc1. The van der Waals surface area contributed by atoms with Crippen LogP contribution in [0.2, 0.25) is 0 Å². The minimum absolute atomic E-state index is 0.426. The molecule has 0 aliphatic heterocycles. The van der Waals surface area contributed by atoms with Crippen molar-refractivity contribution in [2.24, 2.45) is 0 Å². The molecule has 0 saturated carbocycles. The number of nitrogens with one attached hydrogen (secondary N) is 2. The highest BCUT2D eigenvalue weighted by atomic mass is 16.5. The monoisotopic (exact) mass is 398 g/mol. The van der Waals surface area contributed by atoms with E-state index in [0.717, 1.165) is 0 Å². The quantitative estimate of drug-likeness (QED) is 0.549. The lowest BCUT2D eigenvalue weighted by Gasteiger charge is -2.16. The van der Waals surface area contributed by atoms with Crippen LogP contribution < -0.4 is 20.1 Å². The Morgan fingerprint density at radius 2 is 1.69 bits per heavy atom. The highest BCUT2D eigenvalue weighted by Crippen LogP contribution is 2.31. The van der Waals surface area contributed by atoms with E-state index < -0.39 is 24.0 Å². The summed E-state index contributed by atoms with van der Waals surface area (Å²) < 4.78 is 15.8. The predicted molar refractivity (Wildman–Crippen MR) is 106 cm³/mol. The molecule has 0 spiro atoms. The van der Waals surface area contributed by atoms with E-state index in [1.807, 2.05) is 0 Å². The number of esters is 1. The number of methoxy groups -OCH3 is 2. The van der Waals surface area contributed by atoms with Crippen molar-refractivity contribution in [1.82, 2.24) is 10.6 Å². The first-order valence-electron chi connectivity index (χ1n) is 8.67. The van der Waals surface area contributed by atoms with Crippen molar-refractivity contribution in [2.75, 3.05) is 21.3 Å². The predicted octanol–water partition coefficient (Wildman–Crippen LogP) is 2.46. The van der Waals surface area contributed by atoms with Crippen LogP contribution >= 0.6 is 0 Å². The number of rotatable bonds is 7. The van der Waals surface area contributed by atoms with Gasteiger partial charge in [0.05, 0.1) is 14.2 Å².